The Labute approximate surface area is 116 Å². The van der Waals surface area contributed by atoms with Gasteiger partial charge in [-0.25, -0.2) is 8.42 Å². The molecule has 2 heterocycles. The van der Waals surface area contributed by atoms with Gasteiger partial charge < -0.3 is 14.3 Å². The van der Waals surface area contributed by atoms with Crippen molar-refractivity contribution in [2.45, 2.75) is 17.7 Å². The second-order valence-corrected chi connectivity index (χ2v) is 6.05. The Morgan fingerprint density at radius 2 is 2.05 bits per heavy atom. The van der Waals surface area contributed by atoms with E-state index in [1.807, 2.05) is 18.2 Å². The third kappa shape index (κ3) is 2.31. The molecule has 0 aliphatic carbocycles. The van der Waals surface area contributed by atoms with Gasteiger partial charge in [-0.2, -0.15) is 4.72 Å². The van der Waals surface area contributed by atoms with Crippen LogP contribution in [0.5, 0.6) is 5.75 Å². The monoisotopic (exact) mass is 295 g/mol. The van der Waals surface area contributed by atoms with E-state index in [1.54, 1.807) is 6.07 Å². The van der Waals surface area contributed by atoms with Crippen molar-refractivity contribution in [2.75, 3.05) is 6.61 Å². The molecule has 0 spiro atoms. The molecule has 7 heteroatoms. The van der Waals surface area contributed by atoms with Gasteiger partial charge in [-0.1, -0.05) is 18.2 Å². The molecule has 6 nitrogen and oxygen atoms in total. The van der Waals surface area contributed by atoms with Gasteiger partial charge >= 0.3 is 0 Å². The van der Waals surface area contributed by atoms with Crippen LogP contribution in [0.15, 0.2) is 45.9 Å². The van der Waals surface area contributed by atoms with E-state index in [9.17, 15) is 8.42 Å². The van der Waals surface area contributed by atoms with Crippen molar-refractivity contribution in [1.82, 2.24) is 4.72 Å². The van der Waals surface area contributed by atoms with Gasteiger partial charge in [0.15, 0.2) is 0 Å². The molecule has 1 aromatic heterocycles. The molecular formula is C13H13NO5S. The summed E-state index contributed by atoms with van der Waals surface area (Å²) in [7, 11) is -3.78. The average Bonchev–Trinajstić information content (AvgIpc) is 3.06. The highest BCUT2D eigenvalue weighted by molar-refractivity contribution is 7.89. The van der Waals surface area contributed by atoms with E-state index in [1.165, 1.54) is 12.1 Å². The van der Waals surface area contributed by atoms with Crippen molar-refractivity contribution >= 4 is 10.0 Å². The second-order valence-electron chi connectivity index (χ2n) is 4.40. The van der Waals surface area contributed by atoms with Gasteiger partial charge in [0.05, 0.1) is 6.04 Å². The zero-order valence-corrected chi connectivity index (χ0v) is 11.3. The van der Waals surface area contributed by atoms with E-state index in [4.69, 9.17) is 14.3 Å². The third-order valence-corrected chi connectivity index (χ3v) is 4.40. The van der Waals surface area contributed by atoms with Crippen LogP contribution in [0, 0.1) is 0 Å². The SMILES string of the molecule is O=S(=O)(NC1COc2ccccc21)c1ccc(CO)o1. The lowest BCUT2D eigenvalue weighted by atomic mass is 10.1. The molecule has 0 fully saturated rings. The van der Waals surface area contributed by atoms with Crippen LogP contribution in [-0.2, 0) is 16.6 Å². The van der Waals surface area contributed by atoms with Crippen LogP contribution in [0.2, 0.25) is 0 Å². The molecule has 0 amide bonds. The predicted octanol–water partition coefficient (Wildman–Crippen LogP) is 1.18. The molecule has 1 unspecified atom stereocenters. The number of fused-ring (bicyclic) bond motifs is 1. The van der Waals surface area contributed by atoms with E-state index >= 15 is 0 Å². The van der Waals surface area contributed by atoms with E-state index in [0.29, 0.717) is 5.75 Å². The van der Waals surface area contributed by atoms with Crippen LogP contribution in [0.1, 0.15) is 17.4 Å². The van der Waals surface area contributed by atoms with Gasteiger partial charge in [0.1, 0.15) is 24.7 Å². The van der Waals surface area contributed by atoms with Gasteiger partial charge in [-0.15, -0.1) is 0 Å². The molecule has 1 atom stereocenters. The van der Waals surface area contributed by atoms with Crippen LogP contribution in [0.25, 0.3) is 0 Å². The lowest BCUT2D eigenvalue weighted by molar-refractivity contribution is 0.236. The van der Waals surface area contributed by atoms with Gasteiger partial charge in [0.2, 0.25) is 5.09 Å². The molecule has 3 rings (SSSR count). The first kappa shape index (κ1) is 13.2. The molecule has 0 saturated carbocycles. The zero-order chi connectivity index (χ0) is 14.2. The van der Waals surface area contributed by atoms with E-state index in [0.717, 1.165) is 5.56 Å². The number of nitrogens with one attached hydrogen (secondary N) is 1. The largest absolute Gasteiger partial charge is 0.491 e. The van der Waals surface area contributed by atoms with Crippen LogP contribution < -0.4 is 9.46 Å². The maximum atomic E-state index is 12.2. The molecule has 2 N–H and O–H groups in total. The Bertz CT molecular complexity index is 722. The third-order valence-electron chi connectivity index (χ3n) is 3.06. The number of furan rings is 1. The lowest BCUT2D eigenvalue weighted by Crippen LogP contribution is -2.29. The summed E-state index contributed by atoms with van der Waals surface area (Å²) in [6.45, 7) is -0.100. The number of rotatable bonds is 4. The van der Waals surface area contributed by atoms with Crippen molar-refractivity contribution in [1.29, 1.82) is 0 Å². The van der Waals surface area contributed by atoms with Crippen LogP contribution in [-0.4, -0.2) is 20.1 Å². The van der Waals surface area contributed by atoms with Crippen molar-refractivity contribution < 1.29 is 22.7 Å². The first-order chi connectivity index (χ1) is 9.60. The van der Waals surface area contributed by atoms with E-state index < -0.39 is 16.1 Å². The summed E-state index contributed by atoms with van der Waals surface area (Å²) in [6.07, 6.45) is 0. The fourth-order valence-corrected chi connectivity index (χ4v) is 3.24. The molecule has 2 aromatic rings. The Morgan fingerprint density at radius 3 is 2.80 bits per heavy atom. The smallest absolute Gasteiger partial charge is 0.274 e. The summed E-state index contributed by atoms with van der Waals surface area (Å²) in [6, 6.07) is 9.56. The molecule has 0 radical (unpaired) electrons. The van der Waals surface area contributed by atoms with Gasteiger partial charge in [0.25, 0.3) is 10.0 Å². The number of para-hydroxylation sites is 1. The molecule has 0 saturated heterocycles. The number of benzene rings is 1. The zero-order valence-electron chi connectivity index (χ0n) is 10.4. The van der Waals surface area contributed by atoms with E-state index in [2.05, 4.69) is 4.72 Å². The van der Waals surface area contributed by atoms with Crippen molar-refractivity contribution in [3.63, 3.8) is 0 Å². The van der Waals surface area contributed by atoms with Crippen LogP contribution >= 0.6 is 0 Å². The van der Waals surface area contributed by atoms with Crippen molar-refractivity contribution in [3.8, 4) is 5.75 Å². The average molecular weight is 295 g/mol. The van der Waals surface area contributed by atoms with E-state index in [-0.39, 0.29) is 24.1 Å². The van der Waals surface area contributed by atoms with Crippen molar-refractivity contribution in [3.05, 3.63) is 47.7 Å². The molecule has 1 aliphatic heterocycles. The Balaban J connectivity index is 1.84. The lowest BCUT2D eigenvalue weighted by Gasteiger charge is -2.10. The number of hydrogen-bond donors (Lipinski definition) is 2. The summed E-state index contributed by atoms with van der Waals surface area (Å²) < 4.78 is 37.4. The summed E-state index contributed by atoms with van der Waals surface area (Å²) in [4.78, 5) is 0. The maximum absolute atomic E-state index is 12.2. The Hall–Kier alpha value is -1.83. The number of aliphatic hydroxyl groups excluding tert-OH is 1. The highest BCUT2D eigenvalue weighted by Crippen LogP contribution is 2.32. The fourth-order valence-electron chi connectivity index (χ4n) is 2.09. The van der Waals surface area contributed by atoms with Gasteiger partial charge in [0, 0.05) is 5.56 Å². The van der Waals surface area contributed by atoms with Gasteiger partial charge in [-0.3, -0.25) is 0 Å². The second kappa shape index (κ2) is 4.93. The molecule has 1 aromatic carbocycles. The number of aliphatic hydroxyl groups is 1. The van der Waals surface area contributed by atoms with Crippen LogP contribution in [0.3, 0.4) is 0 Å². The molecule has 1 aliphatic rings. The normalized spacial score (nSPS) is 17.8. The Kier molecular flexibility index (Phi) is 3.25. The quantitative estimate of drug-likeness (QED) is 0.884. The number of sulfonamides is 1. The molecule has 20 heavy (non-hydrogen) atoms. The molecule has 106 valence electrons. The summed E-state index contributed by atoms with van der Waals surface area (Å²) in [5.74, 6) is 0.879. The minimum atomic E-state index is -3.78. The minimum absolute atomic E-state index is 0.202. The fraction of sp³-hybridized carbons (Fsp3) is 0.231. The molecular weight excluding hydrogens is 282 g/mol. The summed E-state index contributed by atoms with van der Waals surface area (Å²) >= 11 is 0. The number of hydrogen-bond acceptors (Lipinski definition) is 5. The van der Waals surface area contributed by atoms with Crippen LogP contribution in [0.4, 0.5) is 0 Å². The first-order valence-corrected chi connectivity index (χ1v) is 7.52. The molecule has 0 bridgehead atoms. The minimum Gasteiger partial charge on any atom is -0.491 e. The summed E-state index contributed by atoms with van der Waals surface area (Å²) in [5, 5.41) is 8.69. The maximum Gasteiger partial charge on any atom is 0.274 e. The topological polar surface area (TPSA) is 88.8 Å². The highest BCUT2D eigenvalue weighted by atomic mass is 32.2. The Morgan fingerprint density at radius 1 is 1.25 bits per heavy atom. The van der Waals surface area contributed by atoms with Crippen molar-refractivity contribution in [2.24, 2.45) is 0 Å². The van der Waals surface area contributed by atoms with Gasteiger partial charge in [-0.05, 0) is 18.2 Å². The standard InChI is InChI=1S/C13H13NO5S/c15-7-9-5-6-13(19-9)20(16,17)14-11-8-18-12-4-2-1-3-10(11)12/h1-6,11,14-15H,7-8H2. The number of ether oxygens (including phenoxy) is 1. The summed E-state index contributed by atoms with van der Waals surface area (Å²) in [5.41, 5.74) is 0.796. The predicted molar refractivity (Wildman–Crippen MR) is 69.6 cm³/mol. The highest BCUT2D eigenvalue weighted by Gasteiger charge is 2.30. The first-order valence-electron chi connectivity index (χ1n) is 6.04.